The molecule has 2 heterocycles. The standard InChI is InChI=1S/C21H25Cl3N4O4S.C11H18N2O.C10H9Cl3N2O4S.CH4.ClH/c22-14-5-15(23)19(16(24)6-14)28-2-1-27(33(28,31)32)10-17(29)26-18-12-3-11-4-13(18)9-21(7-11,8-12)20(25)30;12-9-7-1-6-2-8(9)5-11(3-6,4-7)10(13)14;11-6-3-7(12)10(8(13)4-6)15-2-1-14(5-9(16)17)20(15,18)19;;/h5-6,11-13,18H,1-4,7-10H2,(H2,25,30)(H,26,29);6-9H,1-5,12H2,(H2,13,14);3-4H,1-2,5H2,(H,16,17);1H4;1H. The Morgan fingerprint density at radius 1 is 0.609 bits per heavy atom. The summed E-state index contributed by atoms with van der Waals surface area (Å²) in [5.74, 6) is 0.894. The van der Waals surface area contributed by atoms with Gasteiger partial charge in [-0.3, -0.25) is 27.8 Å². The van der Waals surface area contributed by atoms with Crippen LogP contribution >= 0.6 is 82.0 Å². The van der Waals surface area contributed by atoms with Gasteiger partial charge in [-0.05, 0) is 124 Å². The Balaban J connectivity index is 0.000000185. The van der Waals surface area contributed by atoms with Gasteiger partial charge in [0.1, 0.15) is 6.54 Å². The number of carboxylic acids is 1. The number of primary amides is 2. The Labute approximate surface area is 439 Å². The Kier molecular flexibility index (Phi) is 17.0. The van der Waals surface area contributed by atoms with Gasteiger partial charge >= 0.3 is 26.4 Å². The maximum atomic E-state index is 13.1. The number of hydrogen-bond donors (Lipinski definition) is 5. The number of nitrogens with two attached hydrogens (primary N) is 3. The average Bonchev–Trinajstić information content (AvgIpc) is 3.65. The highest BCUT2D eigenvalue weighted by molar-refractivity contribution is 7.91. The second kappa shape index (κ2) is 20.9. The molecule has 8 aliphatic carbocycles. The highest BCUT2D eigenvalue weighted by Gasteiger charge is 2.59. The van der Waals surface area contributed by atoms with E-state index in [4.69, 9.17) is 91.9 Å². The van der Waals surface area contributed by atoms with Gasteiger partial charge in [-0.25, -0.2) is 0 Å². The Morgan fingerprint density at radius 2 is 0.957 bits per heavy atom. The topological polar surface area (TPSA) is 260 Å². The van der Waals surface area contributed by atoms with E-state index in [0.717, 1.165) is 61.7 Å². The summed E-state index contributed by atoms with van der Waals surface area (Å²) in [5.41, 5.74) is 17.1. The van der Waals surface area contributed by atoms with Crippen molar-refractivity contribution in [3.63, 3.8) is 0 Å². The van der Waals surface area contributed by atoms with E-state index >= 15 is 0 Å². The van der Waals surface area contributed by atoms with Crippen LogP contribution in [0.4, 0.5) is 11.4 Å². The summed E-state index contributed by atoms with van der Waals surface area (Å²) in [5, 5.41) is 12.8. The van der Waals surface area contributed by atoms with Gasteiger partial charge in [-0.1, -0.05) is 77.0 Å². The molecule has 8 N–H and O–H groups in total. The number of amides is 3. The summed E-state index contributed by atoms with van der Waals surface area (Å²) in [4.78, 5) is 47.3. The van der Waals surface area contributed by atoms with Crippen molar-refractivity contribution in [2.45, 2.75) is 83.7 Å². The first kappa shape index (κ1) is 56.0. The van der Waals surface area contributed by atoms with Crippen LogP contribution < -0.4 is 31.1 Å². The van der Waals surface area contributed by atoms with Gasteiger partial charge in [-0.2, -0.15) is 25.4 Å². The number of halogens is 7. The maximum Gasteiger partial charge on any atom is 0.318 e. The van der Waals surface area contributed by atoms with E-state index in [0.29, 0.717) is 41.7 Å². The van der Waals surface area contributed by atoms with Crippen LogP contribution in [0, 0.1) is 46.3 Å². The predicted molar refractivity (Wildman–Crippen MR) is 271 cm³/mol. The minimum atomic E-state index is -3.98. The van der Waals surface area contributed by atoms with Crippen molar-refractivity contribution < 1.29 is 41.1 Å². The second-order valence-corrected chi connectivity index (χ2v) is 25.8. The molecule has 2 aromatic rings. The normalized spacial score (nSPS) is 33.0. The summed E-state index contributed by atoms with van der Waals surface area (Å²) in [6, 6.07) is 5.91. The number of carboxylic acid groups (broad SMARTS) is 1. The fraction of sp³-hybridized carbons (Fsp3) is 0.628. The third-order valence-corrected chi connectivity index (χ3v) is 20.8. The van der Waals surface area contributed by atoms with Crippen LogP contribution in [0.5, 0.6) is 0 Å². The molecule has 10 fully saturated rings. The summed E-state index contributed by atoms with van der Waals surface area (Å²) in [7, 11) is -7.94. The van der Waals surface area contributed by atoms with Gasteiger partial charge in [-0.15, -0.1) is 12.4 Å². The van der Waals surface area contributed by atoms with Gasteiger partial charge in [0.15, 0.2) is 0 Å². The zero-order chi connectivity index (χ0) is 48.7. The number of rotatable bonds is 9. The minimum absolute atomic E-state index is 0. The quantitative estimate of drug-likeness (QED) is 0.180. The largest absolute Gasteiger partial charge is 0.480 e. The number of carbonyl (C=O) groups excluding carboxylic acids is 3. The van der Waals surface area contributed by atoms with Crippen LogP contribution in [0.3, 0.4) is 0 Å². The van der Waals surface area contributed by atoms with Crippen LogP contribution in [0.25, 0.3) is 0 Å². The van der Waals surface area contributed by atoms with Gasteiger partial charge in [0.25, 0.3) is 0 Å². The van der Waals surface area contributed by atoms with Crippen molar-refractivity contribution in [3.05, 3.63) is 54.4 Å². The number of nitrogens with one attached hydrogen (secondary N) is 1. The van der Waals surface area contributed by atoms with E-state index in [1.54, 1.807) is 0 Å². The number of hydrogen-bond acceptors (Lipinski definition) is 9. The molecule has 26 heteroatoms. The van der Waals surface area contributed by atoms with E-state index in [1.807, 2.05) is 0 Å². The molecule has 10 aliphatic rings. The number of nitrogens with zero attached hydrogens (tertiary/aromatic N) is 4. The molecule has 2 aliphatic heterocycles. The summed E-state index contributed by atoms with van der Waals surface area (Å²) in [6.45, 7) is -0.534. The molecule has 69 heavy (non-hydrogen) atoms. The second-order valence-electron chi connectivity index (χ2n) is 19.6. The fourth-order valence-corrected chi connectivity index (χ4v) is 18.4. The summed E-state index contributed by atoms with van der Waals surface area (Å²) in [6.07, 6.45) is 9.66. The average molecular weight is 1140 g/mol. The molecule has 2 saturated heterocycles. The summed E-state index contributed by atoms with van der Waals surface area (Å²) < 4.78 is 54.9. The molecule has 0 radical (unpaired) electrons. The van der Waals surface area contributed by atoms with Crippen molar-refractivity contribution in [2.75, 3.05) is 47.9 Å². The molecule has 12 rings (SSSR count). The Bertz CT molecular complexity index is 2520. The summed E-state index contributed by atoms with van der Waals surface area (Å²) >= 11 is 36.1. The van der Waals surface area contributed by atoms with Gasteiger partial charge in [0.2, 0.25) is 17.7 Å². The first-order valence-corrected chi connectivity index (χ1v) is 27.1. The lowest BCUT2D eigenvalue weighted by Crippen LogP contribution is -2.62. The van der Waals surface area contributed by atoms with Crippen molar-refractivity contribution >= 4 is 137 Å². The smallest absolute Gasteiger partial charge is 0.318 e. The van der Waals surface area contributed by atoms with Crippen molar-refractivity contribution in [1.29, 1.82) is 0 Å². The van der Waals surface area contributed by atoms with Gasteiger partial charge < -0.3 is 27.6 Å². The molecule has 2 aromatic carbocycles. The number of benzene rings is 2. The molecule has 384 valence electrons. The van der Waals surface area contributed by atoms with E-state index in [9.17, 15) is 36.0 Å². The molecule has 0 aromatic heterocycles. The van der Waals surface area contributed by atoms with E-state index in [2.05, 4.69) is 5.32 Å². The highest BCUT2D eigenvalue weighted by atomic mass is 35.5. The lowest BCUT2D eigenvalue weighted by molar-refractivity contribution is -0.147. The van der Waals surface area contributed by atoms with E-state index < -0.39 is 38.3 Å². The lowest BCUT2D eigenvalue weighted by Gasteiger charge is -2.58. The molecule has 4 atom stereocenters. The monoisotopic (exact) mass is 1140 g/mol. The predicted octanol–water partition coefficient (Wildman–Crippen LogP) is 6.59. The number of aliphatic carboxylic acids is 1. The maximum absolute atomic E-state index is 13.1. The van der Waals surface area contributed by atoms with E-state index in [1.165, 1.54) is 37.1 Å². The van der Waals surface area contributed by atoms with Crippen LogP contribution in [0.15, 0.2) is 24.3 Å². The first-order chi connectivity index (χ1) is 31.3. The SMILES string of the molecule is C.Cl.NC(=O)C12CC3CC(C1)C(N)C(C3)C2.NC(=O)C12CC3CC(C1)C(NC(=O)CN1CCN(c4c(Cl)cc(Cl)cc4Cl)S1(=O)=O)C(C3)C2.O=C(O)CN1CCN(c2c(Cl)cc(Cl)cc2Cl)S1(=O)=O. The molecule has 8 saturated carbocycles. The molecule has 4 unspecified atom stereocenters. The molecular formula is C43H57Cl7N8O9S2. The lowest BCUT2D eigenvalue weighted by atomic mass is 9.47. The minimum Gasteiger partial charge on any atom is -0.480 e. The number of carbonyl (C=O) groups is 4. The Morgan fingerprint density at radius 3 is 1.32 bits per heavy atom. The highest BCUT2D eigenvalue weighted by Crippen LogP contribution is 2.61. The van der Waals surface area contributed by atoms with Crippen LogP contribution in [-0.4, -0.2) is 106 Å². The first-order valence-electron chi connectivity index (χ1n) is 22.1. The van der Waals surface area contributed by atoms with E-state index in [-0.39, 0.29) is 130 Å². The molecule has 17 nitrogen and oxygen atoms in total. The zero-order valence-corrected chi connectivity index (χ0v) is 43.5. The van der Waals surface area contributed by atoms with Crippen molar-refractivity contribution in [2.24, 2.45) is 63.5 Å². The van der Waals surface area contributed by atoms with Gasteiger partial charge in [0, 0.05) is 59.1 Å². The zero-order valence-electron chi connectivity index (χ0n) is 36.5. The third-order valence-electron chi connectivity index (χ3n) is 15.4. The van der Waals surface area contributed by atoms with Crippen LogP contribution in [0.2, 0.25) is 30.1 Å². The Hall–Kier alpha value is -2.27. The van der Waals surface area contributed by atoms with Crippen molar-refractivity contribution in [1.82, 2.24) is 13.9 Å². The number of anilines is 2. The van der Waals surface area contributed by atoms with Gasteiger partial charge in [0.05, 0.1) is 38.0 Å². The van der Waals surface area contributed by atoms with Crippen LogP contribution in [0.1, 0.15) is 71.6 Å². The van der Waals surface area contributed by atoms with Crippen molar-refractivity contribution in [3.8, 4) is 0 Å². The van der Waals surface area contributed by atoms with Crippen LogP contribution in [-0.2, 0) is 39.6 Å². The molecule has 3 amide bonds. The fourth-order valence-electron chi connectivity index (χ4n) is 12.9. The third kappa shape index (κ3) is 10.7. The molecular weight excluding hydrogens is 1080 g/mol. The molecule has 8 bridgehead atoms. The molecule has 0 spiro atoms.